The first-order valence-corrected chi connectivity index (χ1v) is 4.22. The van der Waals surface area contributed by atoms with Gasteiger partial charge in [-0.1, -0.05) is 30.3 Å². The van der Waals surface area contributed by atoms with Crippen molar-refractivity contribution in [2.45, 2.75) is 18.6 Å². The molecule has 1 saturated heterocycles. The lowest BCUT2D eigenvalue weighted by atomic mass is 9.97. The second kappa shape index (κ2) is 3.25. The molecule has 0 aliphatic carbocycles. The van der Waals surface area contributed by atoms with Gasteiger partial charge in [0.25, 0.3) is 0 Å². The third-order valence-electron chi connectivity index (χ3n) is 2.29. The van der Waals surface area contributed by atoms with Crippen LogP contribution in [0.2, 0.25) is 0 Å². The van der Waals surface area contributed by atoms with Crippen molar-refractivity contribution < 1.29 is 9.84 Å². The highest BCUT2D eigenvalue weighted by atomic mass is 16.6. The Morgan fingerprint density at radius 3 is 2.58 bits per heavy atom. The molecule has 2 atom stereocenters. The highest BCUT2D eigenvalue weighted by Gasteiger charge is 2.26. The molecule has 1 aliphatic heterocycles. The summed E-state index contributed by atoms with van der Waals surface area (Å²) in [4.78, 5) is 0. The maximum Gasteiger partial charge on any atom is 0.161 e. The average Bonchev–Trinajstić information content (AvgIpc) is 2.53. The van der Waals surface area contributed by atoms with E-state index in [1.54, 1.807) is 0 Å². The minimum absolute atomic E-state index is 0.172. The van der Waals surface area contributed by atoms with Crippen molar-refractivity contribution in [3.8, 4) is 0 Å². The van der Waals surface area contributed by atoms with Crippen LogP contribution in [0.15, 0.2) is 30.3 Å². The van der Waals surface area contributed by atoms with Crippen molar-refractivity contribution in [3.63, 3.8) is 0 Å². The van der Waals surface area contributed by atoms with Crippen LogP contribution < -0.4 is 0 Å². The SMILES string of the molecule is OC1OCC[C@@H]1c1ccccc1. The maximum absolute atomic E-state index is 9.42. The number of hydrogen-bond acceptors (Lipinski definition) is 2. The standard InChI is InChI=1S/C10H12O2/c11-10-9(6-7-12-10)8-4-2-1-3-5-8/h1-5,9-11H,6-7H2/t9-,10?/m1/s1. The Hall–Kier alpha value is -0.860. The summed E-state index contributed by atoms with van der Waals surface area (Å²) in [6.07, 6.45) is 0.318. The van der Waals surface area contributed by atoms with E-state index in [4.69, 9.17) is 4.74 Å². The van der Waals surface area contributed by atoms with Crippen LogP contribution in [0.5, 0.6) is 0 Å². The molecule has 1 aliphatic rings. The van der Waals surface area contributed by atoms with Crippen molar-refractivity contribution >= 4 is 0 Å². The van der Waals surface area contributed by atoms with Gasteiger partial charge in [0.05, 0.1) is 6.61 Å². The molecule has 1 aromatic rings. The van der Waals surface area contributed by atoms with Gasteiger partial charge in [0.15, 0.2) is 6.29 Å². The lowest BCUT2D eigenvalue weighted by molar-refractivity contribution is -0.0678. The van der Waals surface area contributed by atoms with Gasteiger partial charge >= 0.3 is 0 Å². The summed E-state index contributed by atoms with van der Waals surface area (Å²) in [6, 6.07) is 10.0. The monoisotopic (exact) mass is 164 g/mol. The van der Waals surface area contributed by atoms with Crippen molar-refractivity contribution in [3.05, 3.63) is 35.9 Å². The summed E-state index contributed by atoms with van der Waals surface area (Å²) in [5.74, 6) is 0.172. The zero-order valence-corrected chi connectivity index (χ0v) is 6.81. The summed E-state index contributed by atoms with van der Waals surface area (Å²) >= 11 is 0. The van der Waals surface area contributed by atoms with Gasteiger partial charge in [0.2, 0.25) is 0 Å². The zero-order valence-electron chi connectivity index (χ0n) is 6.81. The molecule has 1 aromatic carbocycles. The van der Waals surface area contributed by atoms with Gasteiger partial charge in [0.1, 0.15) is 0 Å². The summed E-state index contributed by atoms with van der Waals surface area (Å²) in [5, 5.41) is 9.42. The molecule has 1 fully saturated rings. The van der Waals surface area contributed by atoms with E-state index in [-0.39, 0.29) is 5.92 Å². The maximum atomic E-state index is 9.42. The first-order valence-electron chi connectivity index (χ1n) is 4.22. The molecule has 64 valence electrons. The topological polar surface area (TPSA) is 29.5 Å². The van der Waals surface area contributed by atoms with Gasteiger partial charge in [-0.05, 0) is 12.0 Å². The number of hydrogen-bond donors (Lipinski definition) is 1. The lowest BCUT2D eigenvalue weighted by Crippen LogP contribution is -2.12. The van der Waals surface area contributed by atoms with E-state index >= 15 is 0 Å². The number of aliphatic hydroxyl groups is 1. The quantitative estimate of drug-likeness (QED) is 0.681. The molecule has 12 heavy (non-hydrogen) atoms. The van der Waals surface area contributed by atoms with Crippen LogP contribution in [0.1, 0.15) is 17.9 Å². The molecule has 1 heterocycles. The molecule has 0 aromatic heterocycles. The molecule has 0 amide bonds. The van der Waals surface area contributed by atoms with Gasteiger partial charge < -0.3 is 9.84 Å². The molecule has 1 unspecified atom stereocenters. The van der Waals surface area contributed by atoms with Crippen LogP contribution in [-0.4, -0.2) is 18.0 Å². The molecule has 2 nitrogen and oxygen atoms in total. The van der Waals surface area contributed by atoms with Crippen LogP contribution in [-0.2, 0) is 4.74 Å². The van der Waals surface area contributed by atoms with Crippen LogP contribution in [0.4, 0.5) is 0 Å². The van der Waals surface area contributed by atoms with Crippen LogP contribution in [0.25, 0.3) is 0 Å². The van der Waals surface area contributed by atoms with Gasteiger partial charge in [-0.3, -0.25) is 0 Å². The Kier molecular flexibility index (Phi) is 2.11. The fourth-order valence-electron chi connectivity index (χ4n) is 1.61. The van der Waals surface area contributed by atoms with Crippen molar-refractivity contribution in [2.24, 2.45) is 0 Å². The minimum atomic E-state index is -0.604. The Morgan fingerprint density at radius 2 is 2.00 bits per heavy atom. The molecule has 0 radical (unpaired) electrons. The lowest BCUT2D eigenvalue weighted by Gasteiger charge is -2.12. The van der Waals surface area contributed by atoms with Crippen molar-refractivity contribution in [1.82, 2.24) is 0 Å². The fraction of sp³-hybridized carbons (Fsp3) is 0.400. The second-order valence-corrected chi connectivity index (χ2v) is 3.07. The van der Waals surface area contributed by atoms with Gasteiger partial charge in [-0.2, -0.15) is 0 Å². The smallest absolute Gasteiger partial charge is 0.161 e. The molecule has 2 rings (SSSR count). The largest absolute Gasteiger partial charge is 0.367 e. The third-order valence-corrected chi connectivity index (χ3v) is 2.29. The Balaban J connectivity index is 2.19. The second-order valence-electron chi connectivity index (χ2n) is 3.07. The Bertz CT molecular complexity index is 245. The molecule has 1 N–H and O–H groups in total. The number of benzene rings is 1. The molecule has 2 heteroatoms. The fourth-order valence-corrected chi connectivity index (χ4v) is 1.61. The van der Waals surface area contributed by atoms with E-state index in [1.165, 1.54) is 5.56 Å². The van der Waals surface area contributed by atoms with E-state index in [0.717, 1.165) is 6.42 Å². The number of aliphatic hydroxyl groups excluding tert-OH is 1. The van der Waals surface area contributed by atoms with E-state index in [0.29, 0.717) is 6.61 Å². The van der Waals surface area contributed by atoms with E-state index < -0.39 is 6.29 Å². The van der Waals surface area contributed by atoms with Gasteiger partial charge in [-0.25, -0.2) is 0 Å². The third kappa shape index (κ3) is 1.36. The van der Waals surface area contributed by atoms with Crippen LogP contribution >= 0.6 is 0 Å². The predicted octanol–water partition coefficient (Wildman–Crippen LogP) is 1.51. The van der Waals surface area contributed by atoms with Crippen LogP contribution in [0, 0.1) is 0 Å². The molecule has 0 bridgehead atoms. The highest BCUT2D eigenvalue weighted by Crippen LogP contribution is 2.29. The summed E-state index contributed by atoms with van der Waals surface area (Å²) < 4.78 is 5.08. The normalized spacial score (nSPS) is 29.1. The van der Waals surface area contributed by atoms with Crippen molar-refractivity contribution in [1.29, 1.82) is 0 Å². The van der Waals surface area contributed by atoms with Crippen LogP contribution in [0.3, 0.4) is 0 Å². The predicted molar refractivity (Wildman–Crippen MR) is 45.8 cm³/mol. The minimum Gasteiger partial charge on any atom is -0.367 e. The van der Waals surface area contributed by atoms with Gasteiger partial charge in [-0.15, -0.1) is 0 Å². The Morgan fingerprint density at radius 1 is 1.25 bits per heavy atom. The molecule has 0 spiro atoms. The Labute approximate surface area is 71.8 Å². The molecular formula is C10H12O2. The average molecular weight is 164 g/mol. The summed E-state index contributed by atoms with van der Waals surface area (Å²) in [5.41, 5.74) is 1.17. The zero-order chi connectivity index (χ0) is 8.39. The molecular weight excluding hydrogens is 152 g/mol. The summed E-state index contributed by atoms with van der Waals surface area (Å²) in [6.45, 7) is 0.667. The number of ether oxygens (including phenoxy) is 1. The van der Waals surface area contributed by atoms with Gasteiger partial charge in [0, 0.05) is 5.92 Å². The first-order chi connectivity index (χ1) is 5.88. The number of rotatable bonds is 1. The van der Waals surface area contributed by atoms with E-state index in [9.17, 15) is 5.11 Å². The summed E-state index contributed by atoms with van der Waals surface area (Å²) in [7, 11) is 0. The first kappa shape index (κ1) is 7.77. The van der Waals surface area contributed by atoms with E-state index in [2.05, 4.69) is 0 Å². The molecule has 0 saturated carbocycles. The van der Waals surface area contributed by atoms with E-state index in [1.807, 2.05) is 30.3 Å². The van der Waals surface area contributed by atoms with Crippen molar-refractivity contribution in [2.75, 3.05) is 6.61 Å². The highest BCUT2D eigenvalue weighted by molar-refractivity contribution is 5.20.